The third kappa shape index (κ3) is 2.94. The monoisotopic (exact) mass is 513 g/mol. The van der Waals surface area contributed by atoms with Crippen LogP contribution in [0.25, 0.3) is 55.5 Å². The third-order valence-corrected chi connectivity index (χ3v) is 8.81. The maximum Gasteiger partial charge on any atom is 0.285 e. The summed E-state index contributed by atoms with van der Waals surface area (Å²) in [6.07, 6.45) is 4.28. The van der Waals surface area contributed by atoms with Crippen LogP contribution in [0.4, 0.5) is 0 Å². The third-order valence-electron chi connectivity index (χ3n) is 8.81. The molecule has 0 bridgehead atoms. The molecule has 0 radical (unpaired) electrons. The van der Waals surface area contributed by atoms with Crippen LogP contribution in [0, 0.1) is 18.3 Å². The van der Waals surface area contributed by atoms with Crippen molar-refractivity contribution in [1.82, 2.24) is 0 Å². The van der Waals surface area contributed by atoms with Gasteiger partial charge in [-0.15, -0.1) is 0 Å². The van der Waals surface area contributed by atoms with Crippen molar-refractivity contribution in [3.8, 4) is 50.8 Å². The largest absolute Gasteiger partial charge is 0.285 e. The van der Waals surface area contributed by atoms with Gasteiger partial charge in [0.05, 0.1) is 32.1 Å². The van der Waals surface area contributed by atoms with Crippen LogP contribution in [0.5, 0.6) is 0 Å². The van der Waals surface area contributed by atoms with Gasteiger partial charge < -0.3 is 0 Å². The van der Waals surface area contributed by atoms with Gasteiger partial charge in [0.25, 0.3) is 11.4 Å². The molecule has 1 aliphatic carbocycles. The zero-order valence-electron chi connectivity index (χ0n) is 22.7. The predicted molar refractivity (Wildman–Crippen MR) is 158 cm³/mol. The van der Waals surface area contributed by atoms with Crippen LogP contribution in [-0.4, -0.2) is 0 Å². The molecule has 0 fully saturated rings. The Morgan fingerprint density at radius 2 is 1.35 bits per heavy atom. The minimum Gasteiger partial charge on any atom is -0.192 e. The van der Waals surface area contributed by atoms with Gasteiger partial charge in [0.1, 0.15) is 0 Å². The Morgan fingerprint density at radius 3 is 2.23 bits per heavy atom. The first kappa shape index (κ1) is 22.9. The Bertz CT molecular complexity index is 2110. The standard InChI is InChI=1S/C37H27N3/c1-23-17-19-40-33(20-23)31-21-24(22-38)11-13-27(31)28-15-16-30-29-14-12-25-8-4-5-9-26(25)35(29)37(2,3)36(30)34(28)32-10-6-7-18-39(32)40/h4-21H,1-3H3/q+2. The second-order valence-electron chi connectivity index (χ2n) is 11.5. The van der Waals surface area contributed by atoms with Crippen molar-refractivity contribution in [2.24, 2.45) is 0 Å². The van der Waals surface area contributed by atoms with E-state index >= 15 is 0 Å². The lowest BCUT2D eigenvalue weighted by atomic mass is 9.75. The molecule has 2 aromatic heterocycles. The van der Waals surface area contributed by atoms with Crippen LogP contribution in [0.2, 0.25) is 0 Å². The van der Waals surface area contributed by atoms with E-state index in [4.69, 9.17) is 0 Å². The van der Waals surface area contributed by atoms with Crippen molar-refractivity contribution in [2.45, 2.75) is 26.2 Å². The maximum atomic E-state index is 9.84. The molecule has 0 amide bonds. The fourth-order valence-corrected chi connectivity index (χ4v) is 7.13. The van der Waals surface area contributed by atoms with Crippen molar-refractivity contribution in [1.29, 1.82) is 5.26 Å². The number of fused-ring (bicyclic) bond motifs is 14. The van der Waals surface area contributed by atoms with Gasteiger partial charge in [-0.2, -0.15) is 5.26 Å². The molecule has 4 aromatic carbocycles. The van der Waals surface area contributed by atoms with Crippen molar-refractivity contribution in [3.63, 3.8) is 0 Å². The molecule has 3 heterocycles. The van der Waals surface area contributed by atoms with E-state index in [9.17, 15) is 5.26 Å². The average Bonchev–Trinajstić information content (AvgIpc) is 3.22. The molecule has 6 aromatic rings. The molecule has 8 rings (SSSR count). The summed E-state index contributed by atoms with van der Waals surface area (Å²) >= 11 is 0. The van der Waals surface area contributed by atoms with Crippen molar-refractivity contribution >= 4 is 10.8 Å². The molecular weight excluding hydrogens is 486 g/mol. The van der Waals surface area contributed by atoms with Crippen LogP contribution < -0.4 is 9.35 Å². The van der Waals surface area contributed by atoms with Gasteiger partial charge in [-0.3, -0.25) is 0 Å². The van der Waals surface area contributed by atoms with E-state index in [0.29, 0.717) is 5.56 Å². The topological polar surface area (TPSA) is 31.5 Å². The van der Waals surface area contributed by atoms with Crippen molar-refractivity contribution in [2.75, 3.05) is 0 Å². The Kier molecular flexibility index (Phi) is 4.56. The number of benzene rings is 4. The summed E-state index contributed by atoms with van der Waals surface area (Å²) < 4.78 is 4.47. The predicted octanol–water partition coefficient (Wildman–Crippen LogP) is 7.53. The minimum absolute atomic E-state index is 0.225. The number of nitrogens with zero attached hydrogens (tertiary/aromatic N) is 3. The fourth-order valence-electron chi connectivity index (χ4n) is 7.13. The summed E-state index contributed by atoms with van der Waals surface area (Å²) in [5.41, 5.74) is 13.8. The maximum absolute atomic E-state index is 9.84. The van der Waals surface area contributed by atoms with Gasteiger partial charge in [-0.05, 0) is 74.8 Å². The lowest BCUT2D eigenvalue weighted by Gasteiger charge is -2.26. The van der Waals surface area contributed by atoms with E-state index in [1.54, 1.807) is 0 Å². The highest BCUT2D eigenvalue weighted by Crippen LogP contribution is 2.56. The zero-order valence-corrected chi connectivity index (χ0v) is 22.7. The molecule has 188 valence electrons. The van der Waals surface area contributed by atoms with E-state index in [1.165, 1.54) is 49.7 Å². The number of aryl methyl sites for hydroxylation is 1. The van der Waals surface area contributed by atoms with Gasteiger partial charge in [0, 0.05) is 29.7 Å². The molecule has 0 N–H and O–H groups in total. The van der Waals surface area contributed by atoms with Gasteiger partial charge in [-0.25, -0.2) is 0 Å². The molecule has 40 heavy (non-hydrogen) atoms. The molecule has 0 saturated heterocycles. The fraction of sp³-hybridized carbons (Fsp3) is 0.108. The highest BCUT2D eigenvalue weighted by atomic mass is 15.5. The summed E-state index contributed by atoms with van der Waals surface area (Å²) in [7, 11) is 0. The first-order valence-electron chi connectivity index (χ1n) is 13.8. The van der Waals surface area contributed by atoms with E-state index in [1.807, 2.05) is 12.1 Å². The molecular formula is C37H27N3+2. The number of aromatic nitrogens is 2. The van der Waals surface area contributed by atoms with Gasteiger partial charge in [0.15, 0.2) is 0 Å². The molecule has 0 spiro atoms. The molecule has 3 heteroatoms. The number of nitriles is 1. The smallest absolute Gasteiger partial charge is 0.192 e. The first-order valence-corrected chi connectivity index (χ1v) is 13.8. The normalized spacial score (nSPS) is 13.6. The molecule has 2 aliphatic rings. The van der Waals surface area contributed by atoms with Gasteiger partial charge in [-0.1, -0.05) is 68.4 Å². The average molecular weight is 514 g/mol. The van der Waals surface area contributed by atoms with Gasteiger partial charge >= 0.3 is 0 Å². The molecule has 1 aliphatic heterocycles. The van der Waals surface area contributed by atoms with Crippen LogP contribution in [0.3, 0.4) is 0 Å². The van der Waals surface area contributed by atoms with Crippen molar-refractivity contribution in [3.05, 3.63) is 132 Å². The second kappa shape index (κ2) is 7.97. The van der Waals surface area contributed by atoms with E-state index < -0.39 is 0 Å². The van der Waals surface area contributed by atoms with E-state index in [0.717, 1.165) is 22.5 Å². The Hall–Kier alpha value is -5.07. The van der Waals surface area contributed by atoms with Crippen LogP contribution in [-0.2, 0) is 5.41 Å². The number of rotatable bonds is 0. The number of hydrogen-bond acceptors (Lipinski definition) is 1. The Morgan fingerprint density at radius 1 is 0.625 bits per heavy atom. The van der Waals surface area contributed by atoms with Crippen LogP contribution in [0.15, 0.2) is 109 Å². The Labute approximate surface area is 233 Å². The summed E-state index contributed by atoms with van der Waals surface area (Å²) in [5, 5.41) is 12.4. The highest BCUT2D eigenvalue weighted by molar-refractivity contribution is 6.02. The van der Waals surface area contributed by atoms with Crippen LogP contribution >= 0.6 is 0 Å². The molecule has 0 atom stereocenters. The summed E-state index contributed by atoms with van der Waals surface area (Å²) in [6.45, 7) is 6.87. The molecule has 0 unspecified atom stereocenters. The molecule has 0 saturated carbocycles. The lowest BCUT2D eigenvalue weighted by Crippen LogP contribution is -2.68. The summed E-state index contributed by atoms with van der Waals surface area (Å²) in [6, 6.07) is 37.2. The van der Waals surface area contributed by atoms with Gasteiger partial charge in [0.2, 0.25) is 12.4 Å². The number of hydrogen-bond donors (Lipinski definition) is 0. The first-order chi connectivity index (χ1) is 19.5. The number of pyridine rings is 2. The SMILES string of the molecule is Cc1cc[n+]2c(c1)-c1cc(C#N)ccc1-c1ccc3c(c1-c1cccc[n+]1-2)C(C)(C)c1c-3ccc2ccccc12. The summed E-state index contributed by atoms with van der Waals surface area (Å²) in [5.74, 6) is 0. The highest BCUT2D eigenvalue weighted by Gasteiger charge is 2.44. The van der Waals surface area contributed by atoms with E-state index in [-0.39, 0.29) is 5.41 Å². The zero-order chi connectivity index (χ0) is 27.2. The second-order valence-corrected chi connectivity index (χ2v) is 11.5. The minimum atomic E-state index is -0.225. The summed E-state index contributed by atoms with van der Waals surface area (Å²) in [4.78, 5) is 0. The quantitative estimate of drug-likeness (QED) is 0.193. The van der Waals surface area contributed by atoms with Crippen LogP contribution in [0.1, 0.15) is 36.1 Å². The Balaban J connectivity index is 1.56. The lowest BCUT2D eigenvalue weighted by molar-refractivity contribution is -1.29. The van der Waals surface area contributed by atoms with E-state index in [2.05, 4.69) is 134 Å². The molecule has 3 nitrogen and oxygen atoms in total. The van der Waals surface area contributed by atoms with Crippen molar-refractivity contribution < 1.29 is 9.35 Å².